The largest absolute Gasteiger partial charge is 0.504 e. The fourth-order valence-corrected chi connectivity index (χ4v) is 4.78. The van der Waals surface area contributed by atoms with Gasteiger partial charge in [0, 0.05) is 20.7 Å². The van der Waals surface area contributed by atoms with Crippen LogP contribution >= 0.6 is 0 Å². The zero-order valence-corrected chi connectivity index (χ0v) is 14.7. The third kappa shape index (κ3) is 4.16. The summed E-state index contributed by atoms with van der Waals surface area (Å²) >= 11 is 0. The standard InChI is InChI=1S/C16H25NO5S/c1-17(11-12-7-8-16(22-3)15(18)9-12)23(19,20)14-6-4-5-13(10-14)21-2/h7-9,13-14,18H,4-6,10-11H2,1-3H3. The van der Waals surface area contributed by atoms with Gasteiger partial charge in [0.05, 0.1) is 18.5 Å². The van der Waals surface area contributed by atoms with Gasteiger partial charge in [0.2, 0.25) is 10.0 Å². The summed E-state index contributed by atoms with van der Waals surface area (Å²) < 4.78 is 37.2. The summed E-state index contributed by atoms with van der Waals surface area (Å²) in [5, 5.41) is 9.41. The quantitative estimate of drug-likeness (QED) is 0.856. The van der Waals surface area contributed by atoms with Crippen molar-refractivity contribution >= 4 is 10.0 Å². The minimum Gasteiger partial charge on any atom is -0.504 e. The van der Waals surface area contributed by atoms with Crippen LogP contribution in [0.1, 0.15) is 31.2 Å². The van der Waals surface area contributed by atoms with Crippen LogP contribution in [0.2, 0.25) is 0 Å². The molecule has 0 bridgehead atoms. The SMILES string of the molecule is COc1ccc(CN(C)S(=O)(=O)C2CCCC(OC)C2)cc1O. The molecule has 0 aliphatic heterocycles. The van der Waals surface area contributed by atoms with E-state index in [4.69, 9.17) is 9.47 Å². The molecule has 23 heavy (non-hydrogen) atoms. The molecule has 7 heteroatoms. The molecule has 2 unspecified atom stereocenters. The maximum absolute atomic E-state index is 12.7. The number of ether oxygens (including phenoxy) is 2. The van der Waals surface area contributed by atoms with E-state index in [1.165, 1.54) is 17.5 Å². The van der Waals surface area contributed by atoms with Gasteiger partial charge >= 0.3 is 0 Å². The monoisotopic (exact) mass is 343 g/mol. The number of phenolic OH excluding ortho intramolecular Hbond substituents is 1. The van der Waals surface area contributed by atoms with Gasteiger partial charge in [0.1, 0.15) is 0 Å². The molecule has 2 atom stereocenters. The summed E-state index contributed by atoms with van der Waals surface area (Å²) in [5.74, 6) is 0.377. The van der Waals surface area contributed by atoms with E-state index in [1.807, 2.05) is 0 Å². The van der Waals surface area contributed by atoms with Gasteiger partial charge in [-0.3, -0.25) is 0 Å². The van der Waals surface area contributed by atoms with Gasteiger partial charge in [0.25, 0.3) is 0 Å². The van der Waals surface area contributed by atoms with Crippen LogP contribution in [0, 0.1) is 0 Å². The first-order chi connectivity index (χ1) is 10.9. The Morgan fingerprint density at radius 2 is 2.04 bits per heavy atom. The van der Waals surface area contributed by atoms with Crippen molar-refractivity contribution in [2.45, 2.75) is 43.6 Å². The zero-order valence-electron chi connectivity index (χ0n) is 13.9. The first kappa shape index (κ1) is 18.0. The van der Waals surface area contributed by atoms with Crippen LogP contribution in [0.5, 0.6) is 11.5 Å². The molecule has 1 N–H and O–H groups in total. The number of rotatable bonds is 6. The van der Waals surface area contributed by atoms with Crippen molar-refractivity contribution in [3.63, 3.8) is 0 Å². The van der Waals surface area contributed by atoms with Gasteiger partial charge in [-0.25, -0.2) is 12.7 Å². The second-order valence-corrected chi connectivity index (χ2v) is 8.27. The van der Waals surface area contributed by atoms with Crippen LogP contribution in [-0.2, 0) is 21.3 Å². The van der Waals surface area contributed by atoms with Crippen LogP contribution in [0.3, 0.4) is 0 Å². The van der Waals surface area contributed by atoms with Gasteiger partial charge < -0.3 is 14.6 Å². The zero-order chi connectivity index (χ0) is 17.0. The highest BCUT2D eigenvalue weighted by Gasteiger charge is 2.34. The maximum Gasteiger partial charge on any atom is 0.217 e. The lowest BCUT2D eigenvalue weighted by Gasteiger charge is -2.31. The van der Waals surface area contributed by atoms with Gasteiger partial charge in [0.15, 0.2) is 11.5 Å². The van der Waals surface area contributed by atoms with Crippen LogP contribution < -0.4 is 4.74 Å². The molecule has 1 aromatic rings. The molecular weight excluding hydrogens is 318 g/mol. The average Bonchev–Trinajstić information content (AvgIpc) is 2.55. The fraction of sp³-hybridized carbons (Fsp3) is 0.625. The Bertz CT molecular complexity index is 631. The number of methoxy groups -OCH3 is 2. The van der Waals surface area contributed by atoms with Crippen LogP contribution in [0.4, 0.5) is 0 Å². The average molecular weight is 343 g/mol. The molecule has 0 aromatic heterocycles. The van der Waals surface area contributed by atoms with Crippen molar-refractivity contribution in [1.29, 1.82) is 0 Å². The number of benzene rings is 1. The number of nitrogens with zero attached hydrogens (tertiary/aromatic N) is 1. The number of phenols is 1. The number of aromatic hydroxyl groups is 1. The summed E-state index contributed by atoms with van der Waals surface area (Å²) in [6.45, 7) is 0.216. The van der Waals surface area contributed by atoms with E-state index in [-0.39, 0.29) is 18.4 Å². The maximum atomic E-state index is 12.7. The Balaban J connectivity index is 2.09. The molecule has 1 aromatic carbocycles. The lowest BCUT2D eigenvalue weighted by Crippen LogP contribution is -2.40. The normalized spacial score (nSPS) is 22.3. The Morgan fingerprint density at radius 3 is 2.65 bits per heavy atom. The van der Waals surface area contributed by atoms with Crippen molar-refractivity contribution in [2.24, 2.45) is 0 Å². The molecule has 0 saturated heterocycles. The Kier molecular flexibility index (Phi) is 5.89. The summed E-state index contributed by atoms with van der Waals surface area (Å²) in [6.07, 6.45) is 3.00. The first-order valence-electron chi connectivity index (χ1n) is 7.72. The van der Waals surface area contributed by atoms with Crippen LogP contribution in [-0.4, -0.2) is 50.5 Å². The number of hydrogen-bond acceptors (Lipinski definition) is 5. The minimum atomic E-state index is -3.39. The molecule has 0 heterocycles. The molecule has 2 rings (SSSR count). The van der Waals surface area contributed by atoms with Crippen molar-refractivity contribution in [3.8, 4) is 11.5 Å². The third-order valence-corrected chi connectivity index (χ3v) is 6.68. The van der Waals surface area contributed by atoms with Gasteiger partial charge in [-0.05, 0) is 43.4 Å². The highest BCUT2D eigenvalue weighted by molar-refractivity contribution is 7.89. The molecule has 0 amide bonds. The van der Waals surface area contributed by atoms with E-state index in [0.29, 0.717) is 24.2 Å². The van der Waals surface area contributed by atoms with E-state index < -0.39 is 15.3 Å². The lowest BCUT2D eigenvalue weighted by atomic mass is 9.97. The molecule has 1 fully saturated rings. The molecule has 130 valence electrons. The molecule has 0 spiro atoms. The molecule has 1 aliphatic carbocycles. The second kappa shape index (κ2) is 7.51. The Labute approximate surface area is 138 Å². The third-order valence-electron chi connectivity index (χ3n) is 4.42. The Hall–Kier alpha value is -1.31. The van der Waals surface area contributed by atoms with Gasteiger partial charge in [-0.15, -0.1) is 0 Å². The van der Waals surface area contributed by atoms with Crippen LogP contribution in [0.15, 0.2) is 18.2 Å². The van der Waals surface area contributed by atoms with E-state index in [0.717, 1.165) is 12.8 Å². The van der Waals surface area contributed by atoms with E-state index in [1.54, 1.807) is 26.3 Å². The predicted octanol–water partition coefficient (Wildman–Crippen LogP) is 2.12. The van der Waals surface area contributed by atoms with Crippen molar-refractivity contribution in [3.05, 3.63) is 23.8 Å². The highest BCUT2D eigenvalue weighted by Crippen LogP contribution is 2.30. The van der Waals surface area contributed by atoms with Gasteiger partial charge in [-0.2, -0.15) is 0 Å². The van der Waals surface area contributed by atoms with Crippen LogP contribution in [0.25, 0.3) is 0 Å². The molecular formula is C16H25NO5S. The van der Waals surface area contributed by atoms with Crippen molar-refractivity contribution in [1.82, 2.24) is 4.31 Å². The topological polar surface area (TPSA) is 76.1 Å². The van der Waals surface area contributed by atoms with Crippen molar-refractivity contribution in [2.75, 3.05) is 21.3 Å². The smallest absolute Gasteiger partial charge is 0.217 e. The van der Waals surface area contributed by atoms with Crippen molar-refractivity contribution < 1.29 is 23.0 Å². The first-order valence-corrected chi connectivity index (χ1v) is 9.22. The molecule has 1 aliphatic rings. The minimum absolute atomic E-state index is 0.00733. The van der Waals surface area contributed by atoms with E-state index >= 15 is 0 Å². The number of hydrogen-bond donors (Lipinski definition) is 1. The molecule has 0 radical (unpaired) electrons. The summed E-state index contributed by atoms with van der Waals surface area (Å²) in [7, 11) is 1.29. The predicted molar refractivity (Wildman–Crippen MR) is 88.1 cm³/mol. The summed E-state index contributed by atoms with van der Waals surface area (Å²) in [6, 6.07) is 4.92. The summed E-state index contributed by atoms with van der Waals surface area (Å²) in [4.78, 5) is 0. The highest BCUT2D eigenvalue weighted by atomic mass is 32.2. The molecule has 1 saturated carbocycles. The number of sulfonamides is 1. The van der Waals surface area contributed by atoms with Gasteiger partial charge in [-0.1, -0.05) is 6.07 Å². The molecule has 6 nitrogen and oxygen atoms in total. The Morgan fingerprint density at radius 1 is 1.30 bits per heavy atom. The van der Waals surface area contributed by atoms with E-state index in [2.05, 4.69) is 0 Å². The fourth-order valence-electron chi connectivity index (χ4n) is 3.02. The van der Waals surface area contributed by atoms with E-state index in [9.17, 15) is 13.5 Å². The second-order valence-electron chi connectivity index (χ2n) is 5.95. The summed E-state index contributed by atoms with van der Waals surface area (Å²) in [5.41, 5.74) is 0.716. The lowest BCUT2D eigenvalue weighted by molar-refractivity contribution is 0.0714.